The van der Waals surface area contributed by atoms with Crippen LogP contribution in [0.2, 0.25) is 0 Å². The molecule has 6 heteroatoms. The SMILES string of the molecule is Fc1cc(F)cc(CN2CCN(c3ccnc(F)c3)CC2)c1. The smallest absolute Gasteiger partial charge is 0.214 e. The zero-order valence-corrected chi connectivity index (χ0v) is 12.0. The zero-order valence-electron chi connectivity index (χ0n) is 12.0. The first-order valence-corrected chi connectivity index (χ1v) is 7.14. The van der Waals surface area contributed by atoms with Crippen molar-refractivity contribution in [1.29, 1.82) is 0 Å². The van der Waals surface area contributed by atoms with Gasteiger partial charge < -0.3 is 4.90 Å². The van der Waals surface area contributed by atoms with E-state index < -0.39 is 17.6 Å². The number of nitrogens with zero attached hydrogens (tertiary/aromatic N) is 3. The maximum atomic E-state index is 13.2. The molecule has 2 heterocycles. The fourth-order valence-corrected chi connectivity index (χ4v) is 2.71. The third kappa shape index (κ3) is 3.57. The highest BCUT2D eigenvalue weighted by molar-refractivity contribution is 5.45. The second-order valence-corrected chi connectivity index (χ2v) is 5.38. The van der Waals surface area contributed by atoms with E-state index in [0.29, 0.717) is 12.1 Å². The van der Waals surface area contributed by atoms with Crippen molar-refractivity contribution in [3.8, 4) is 0 Å². The molecule has 22 heavy (non-hydrogen) atoms. The molecule has 1 fully saturated rings. The Hall–Kier alpha value is -2.08. The maximum Gasteiger partial charge on any atom is 0.214 e. The van der Waals surface area contributed by atoms with Crippen LogP contribution in [0.5, 0.6) is 0 Å². The molecular formula is C16H16F3N3. The highest BCUT2D eigenvalue weighted by Crippen LogP contribution is 2.18. The van der Waals surface area contributed by atoms with Crippen LogP contribution in [0.25, 0.3) is 0 Å². The summed E-state index contributed by atoms with van der Waals surface area (Å²) in [5, 5.41) is 0. The molecule has 1 saturated heterocycles. The first kappa shape index (κ1) is 14.8. The van der Waals surface area contributed by atoms with Crippen molar-refractivity contribution in [1.82, 2.24) is 9.88 Å². The molecule has 0 atom stereocenters. The highest BCUT2D eigenvalue weighted by atomic mass is 19.1. The van der Waals surface area contributed by atoms with Gasteiger partial charge in [-0.25, -0.2) is 13.8 Å². The first-order valence-electron chi connectivity index (χ1n) is 7.14. The van der Waals surface area contributed by atoms with E-state index in [1.807, 2.05) is 0 Å². The van der Waals surface area contributed by atoms with Gasteiger partial charge in [0.25, 0.3) is 0 Å². The molecule has 0 N–H and O–H groups in total. The number of halogens is 3. The average molecular weight is 307 g/mol. The van der Waals surface area contributed by atoms with Gasteiger partial charge in [0.2, 0.25) is 5.95 Å². The first-order chi connectivity index (χ1) is 10.6. The van der Waals surface area contributed by atoms with Crippen LogP contribution in [0.3, 0.4) is 0 Å². The molecular weight excluding hydrogens is 291 g/mol. The molecule has 1 aliphatic rings. The van der Waals surface area contributed by atoms with Crippen LogP contribution >= 0.6 is 0 Å². The lowest BCUT2D eigenvalue weighted by Crippen LogP contribution is -2.46. The van der Waals surface area contributed by atoms with Crippen LogP contribution in [0.1, 0.15) is 5.56 Å². The van der Waals surface area contributed by atoms with Crippen molar-refractivity contribution in [3.63, 3.8) is 0 Å². The molecule has 0 radical (unpaired) electrons. The molecule has 0 unspecified atom stereocenters. The Labute approximate surface area is 127 Å². The molecule has 116 valence electrons. The maximum absolute atomic E-state index is 13.2. The predicted molar refractivity (Wildman–Crippen MR) is 78.0 cm³/mol. The van der Waals surface area contributed by atoms with Crippen molar-refractivity contribution in [2.45, 2.75) is 6.54 Å². The Morgan fingerprint density at radius 1 is 0.909 bits per heavy atom. The summed E-state index contributed by atoms with van der Waals surface area (Å²) in [7, 11) is 0. The summed E-state index contributed by atoms with van der Waals surface area (Å²) < 4.78 is 39.5. The van der Waals surface area contributed by atoms with Gasteiger partial charge in [0, 0.05) is 56.7 Å². The number of rotatable bonds is 3. The van der Waals surface area contributed by atoms with Crippen molar-refractivity contribution in [2.24, 2.45) is 0 Å². The quantitative estimate of drug-likeness (QED) is 0.813. The normalized spacial score (nSPS) is 16.0. The number of hydrogen-bond donors (Lipinski definition) is 0. The summed E-state index contributed by atoms with van der Waals surface area (Å²) in [6.07, 6.45) is 1.45. The van der Waals surface area contributed by atoms with Crippen molar-refractivity contribution in [3.05, 3.63) is 59.7 Å². The fourth-order valence-electron chi connectivity index (χ4n) is 2.71. The van der Waals surface area contributed by atoms with Crippen LogP contribution in [0.15, 0.2) is 36.5 Å². The number of hydrogen-bond acceptors (Lipinski definition) is 3. The lowest BCUT2D eigenvalue weighted by Gasteiger charge is -2.36. The third-order valence-electron chi connectivity index (χ3n) is 3.78. The zero-order chi connectivity index (χ0) is 15.5. The fraction of sp³-hybridized carbons (Fsp3) is 0.312. The Balaban J connectivity index is 1.60. The minimum Gasteiger partial charge on any atom is -0.369 e. The van der Waals surface area contributed by atoms with E-state index in [1.165, 1.54) is 24.4 Å². The molecule has 0 amide bonds. The molecule has 0 spiro atoms. The molecule has 1 aromatic carbocycles. The second-order valence-electron chi connectivity index (χ2n) is 5.38. The van der Waals surface area contributed by atoms with Crippen LogP contribution in [-0.2, 0) is 6.54 Å². The molecule has 0 saturated carbocycles. The Kier molecular flexibility index (Phi) is 4.29. The van der Waals surface area contributed by atoms with E-state index in [2.05, 4.69) is 14.8 Å². The summed E-state index contributed by atoms with van der Waals surface area (Å²) in [6, 6.07) is 6.78. The van der Waals surface area contributed by atoms with Crippen LogP contribution in [0.4, 0.5) is 18.9 Å². The summed E-state index contributed by atoms with van der Waals surface area (Å²) in [5.74, 6) is -1.60. The third-order valence-corrected chi connectivity index (χ3v) is 3.78. The number of pyridine rings is 1. The Morgan fingerprint density at radius 3 is 2.23 bits per heavy atom. The highest BCUT2D eigenvalue weighted by Gasteiger charge is 2.18. The van der Waals surface area contributed by atoms with E-state index in [0.717, 1.165) is 37.9 Å². The summed E-state index contributed by atoms with van der Waals surface area (Å²) in [4.78, 5) is 7.75. The van der Waals surface area contributed by atoms with Gasteiger partial charge in [-0.2, -0.15) is 4.39 Å². The van der Waals surface area contributed by atoms with Gasteiger partial charge in [0.15, 0.2) is 0 Å². The predicted octanol–water partition coefficient (Wildman–Crippen LogP) is 2.82. The Morgan fingerprint density at radius 2 is 1.59 bits per heavy atom. The van der Waals surface area contributed by atoms with Gasteiger partial charge in [0.05, 0.1) is 0 Å². The van der Waals surface area contributed by atoms with Gasteiger partial charge in [-0.05, 0) is 23.8 Å². The minimum absolute atomic E-state index is 0.491. The Bertz CT molecular complexity index is 635. The van der Waals surface area contributed by atoms with Crippen LogP contribution in [0, 0.1) is 17.6 Å². The van der Waals surface area contributed by atoms with E-state index >= 15 is 0 Å². The van der Waals surface area contributed by atoms with Crippen molar-refractivity contribution < 1.29 is 13.2 Å². The van der Waals surface area contributed by atoms with Crippen LogP contribution in [-0.4, -0.2) is 36.1 Å². The number of aromatic nitrogens is 1. The average Bonchev–Trinajstić information content (AvgIpc) is 2.47. The van der Waals surface area contributed by atoms with Gasteiger partial charge >= 0.3 is 0 Å². The molecule has 2 aromatic rings. The van der Waals surface area contributed by atoms with Crippen molar-refractivity contribution >= 4 is 5.69 Å². The molecule has 3 rings (SSSR count). The molecule has 1 aromatic heterocycles. The van der Waals surface area contributed by atoms with Crippen LogP contribution < -0.4 is 4.90 Å². The van der Waals surface area contributed by atoms with Gasteiger partial charge in [-0.3, -0.25) is 4.90 Å². The number of benzene rings is 1. The minimum atomic E-state index is -0.555. The number of anilines is 1. The molecule has 1 aliphatic heterocycles. The summed E-state index contributed by atoms with van der Waals surface area (Å²) in [6.45, 7) is 3.49. The van der Waals surface area contributed by atoms with Gasteiger partial charge in [0.1, 0.15) is 11.6 Å². The topological polar surface area (TPSA) is 19.4 Å². The van der Waals surface area contributed by atoms with E-state index in [9.17, 15) is 13.2 Å². The van der Waals surface area contributed by atoms with Gasteiger partial charge in [-0.1, -0.05) is 0 Å². The van der Waals surface area contributed by atoms with E-state index in [4.69, 9.17) is 0 Å². The van der Waals surface area contributed by atoms with E-state index in [1.54, 1.807) is 6.07 Å². The lowest BCUT2D eigenvalue weighted by atomic mass is 10.2. The monoisotopic (exact) mass is 307 g/mol. The standard InChI is InChI=1S/C16H16F3N3/c17-13-7-12(8-14(18)9-13)11-21-3-5-22(6-4-21)15-1-2-20-16(19)10-15/h1-2,7-10H,3-6,11H2. The largest absolute Gasteiger partial charge is 0.369 e. The second kappa shape index (κ2) is 6.36. The molecule has 0 aliphatic carbocycles. The molecule has 0 bridgehead atoms. The lowest BCUT2D eigenvalue weighted by molar-refractivity contribution is 0.249. The molecule has 3 nitrogen and oxygen atoms in total. The summed E-state index contributed by atoms with van der Waals surface area (Å²) >= 11 is 0. The van der Waals surface area contributed by atoms with Crippen molar-refractivity contribution in [2.75, 3.05) is 31.1 Å². The van der Waals surface area contributed by atoms with E-state index in [-0.39, 0.29) is 0 Å². The van der Waals surface area contributed by atoms with Gasteiger partial charge in [-0.15, -0.1) is 0 Å². The summed E-state index contributed by atoms with van der Waals surface area (Å²) in [5.41, 5.74) is 1.44. The number of piperazine rings is 1.